The molecule has 0 atom stereocenters. The minimum absolute atomic E-state index is 0.00894. The van der Waals surface area contributed by atoms with Crippen LogP contribution < -0.4 is 10.6 Å². The van der Waals surface area contributed by atoms with Crippen molar-refractivity contribution in [1.29, 1.82) is 0 Å². The second-order valence-corrected chi connectivity index (χ2v) is 4.28. The summed E-state index contributed by atoms with van der Waals surface area (Å²) < 4.78 is 5.00. The summed E-state index contributed by atoms with van der Waals surface area (Å²) in [5.74, 6) is -0.646. The van der Waals surface area contributed by atoms with Crippen molar-refractivity contribution in [2.24, 2.45) is 0 Å². The van der Waals surface area contributed by atoms with Crippen LogP contribution in [0.3, 0.4) is 0 Å². The van der Waals surface area contributed by atoms with Crippen LogP contribution in [0.2, 0.25) is 0 Å². The van der Waals surface area contributed by atoms with Crippen LogP contribution in [-0.2, 0) is 0 Å². The van der Waals surface area contributed by atoms with Gasteiger partial charge in [0.25, 0.3) is 11.8 Å². The molecule has 94 valence electrons. The summed E-state index contributed by atoms with van der Waals surface area (Å²) in [5.41, 5.74) is 0.137. The molecule has 0 unspecified atom stereocenters. The first-order valence-electron chi connectivity index (χ1n) is 5.29. The van der Waals surface area contributed by atoms with E-state index in [-0.39, 0.29) is 23.5 Å². The van der Waals surface area contributed by atoms with Crippen LogP contribution in [0.25, 0.3) is 0 Å². The minimum Gasteiger partial charge on any atom is -0.431 e. The lowest BCUT2D eigenvalue weighted by atomic mass is 10.4. The lowest BCUT2D eigenvalue weighted by Gasteiger charge is -1.97. The van der Waals surface area contributed by atoms with E-state index in [2.05, 4.69) is 15.6 Å². The zero-order valence-electron chi connectivity index (χ0n) is 9.60. The SMILES string of the molecule is CCNC(=O)c1coc(NC(=O)c2cccs2)n1. The molecule has 2 amide bonds. The van der Waals surface area contributed by atoms with E-state index in [9.17, 15) is 9.59 Å². The number of oxazole rings is 1. The van der Waals surface area contributed by atoms with E-state index < -0.39 is 0 Å². The molecule has 0 aliphatic heterocycles. The number of hydrogen-bond donors (Lipinski definition) is 2. The zero-order valence-corrected chi connectivity index (χ0v) is 10.4. The molecule has 7 heteroatoms. The fourth-order valence-electron chi connectivity index (χ4n) is 1.25. The van der Waals surface area contributed by atoms with Crippen molar-refractivity contribution in [1.82, 2.24) is 10.3 Å². The number of nitrogens with one attached hydrogen (secondary N) is 2. The number of thiophene rings is 1. The van der Waals surface area contributed by atoms with Gasteiger partial charge >= 0.3 is 6.01 Å². The molecule has 2 aromatic heterocycles. The Labute approximate surface area is 107 Å². The van der Waals surface area contributed by atoms with Crippen LogP contribution in [0.1, 0.15) is 27.1 Å². The van der Waals surface area contributed by atoms with Gasteiger partial charge in [-0.1, -0.05) is 6.07 Å². The molecule has 18 heavy (non-hydrogen) atoms. The van der Waals surface area contributed by atoms with Gasteiger partial charge in [0.2, 0.25) is 0 Å². The summed E-state index contributed by atoms with van der Waals surface area (Å²) in [4.78, 5) is 27.5. The van der Waals surface area contributed by atoms with Gasteiger partial charge in [-0.15, -0.1) is 11.3 Å². The van der Waals surface area contributed by atoms with Crippen molar-refractivity contribution >= 4 is 29.2 Å². The maximum atomic E-state index is 11.7. The monoisotopic (exact) mass is 265 g/mol. The average molecular weight is 265 g/mol. The van der Waals surface area contributed by atoms with E-state index in [0.29, 0.717) is 11.4 Å². The van der Waals surface area contributed by atoms with Crippen LogP contribution in [-0.4, -0.2) is 23.3 Å². The van der Waals surface area contributed by atoms with Crippen LogP contribution in [0.5, 0.6) is 0 Å². The number of nitrogens with zero attached hydrogens (tertiary/aromatic N) is 1. The highest BCUT2D eigenvalue weighted by Crippen LogP contribution is 2.13. The van der Waals surface area contributed by atoms with Crippen LogP contribution in [0.15, 0.2) is 28.2 Å². The van der Waals surface area contributed by atoms with Crippen LogP contribution in [0, 0.1) is 0 Å². The van der Waals surface area contributed by atoms with Crippen molar-refractivity contribution in [2.75, 3.05) is 11.9 Å². The van der Waals surface area contributed by atoms with Gasteiger partial charge in [-0.2, -0.15) is 4.98 Å². The summed E-state index contributed by atoms with van der Waals surface area (Å²) in [5, 5.41) is 6.86. The van der Waals surface area contributed by atoms with Gasteiger partial charge in [0.15, 0.2) is 5.69 Å². The molecule has 2 aromatic rings. The number of rotatable bonds is 4. The largest absolute Gasteiger partial charge is 0.431 e. The van der Waals surface area contributed by atoms with E-state index in [0.717, 1.165) is 0 Å². The van der Waals surface area contributed by atoms with Gasteiger partial charge in [-0.05, 0) is 18.4 Å². The summed E-state index contributed by atoms with van der Waals surface area (Å²) in [7, 11) is 0. The first kappa shape index (κ1) is 12.3. The number of anilines is 1. The van der Waals surface area contributed by atoms with Gasteiger partial charge in [-0.25, -0.2) is 0 Å². The standard InChI is InChI=1S/C11H11N3O3S/c1-2-12-9(15)7-6-17-11(13-7)14-10(16)8-4-3-5-18-8/h3-6H,2H2,1H3,(H,12,15)(H,13,14,16). The third-order valence-corrected chi connectivity index (χ3v) is 2.91. The Morgan fingerprint density at radius 2 is 2.28 bits per heavy atom. The minimum atomic E-state index is -0.335. The van der Waals surface area contributed by atoms with Crippen molar-refractivity contribution in [3.63, 3.8) is 0 Å². The molecule has 0 aliphatic rings. The van der Waals surface area contributed by atoms with Gasteiger partial charge in [-0.3, -0.25) is 14.9 Å². The summed E-state index contributed by atoms with van der Waals surface area (Å²) in [6, 6.07) is 3.47. The van der Waals surface area contributed by atoms with Crippen LogP contribution >= 0.6 is 11.3 Å². The van der Waals surface area contributed by atoms with Gasteiger partial charge in [0.05, 0.1) is 4.88 Å². The number of amides is 2. The molecular formula is C11H11N3O3S. The van der Waals surface area contributed by atoms with Gasteiger partial charge in [0, 0.05) is 6.54 Å². The van der Waals surface area contributed by atoms with Crippen molar-refractivity contribution in [2.45, 2.75) is 6.92 Å². The first-order valence-corrected chi connectivity index (χ1v) is 6.17. The third kappa shape index (κ3) is 2.75. The lowest BCUT2D eigenvalue weighted by Crippen LogP contribution is -2.23. The maximum absolute atomic E-state index is 11.7. The molecule has 0 radical (unpaired) electrons. The van der Waals surface area contributed by atoms with Crippen molar-refractivity contribution in [3.8, 4) is 0 Å². The number of aromatic nitrogens is 1. The molecule has 0 aromatic carbocycles. The molecule has 0 spiro atoms. The molecule has 0 saturated heterocycles. The molecular weight excluding hydrogens is 254 g/mol. The Bertz CT molecular complexity index is 548. The van der Waals surface area contributed by atoms with E-state index in [4.69, 9.17) is 4.42 Å². The second-order valence-electron chi connectivity index (χ2n) is 3.33. The fourth-order valence-corrected chi connectivity index (χ4v) is 1.87. The summed E-state index contributed by atoms with van der Waals surface area (Å²) >= 11 is 1.31. The third-order valence-electron chi connectivity index (χ3n) is 2.04. The van der Waals surface area contributed by atoms with E-state index in [1.54, 1.807) is 24.4 Å². The predicted molar refractivity (Wildman–Crippen MR) is 66.8 cm³/mol. The number of hydrogen-bond acceptors (Lipinski definition) is 5. The van der Waals surface area contributed by atoms with E-state index in [1.807, 2.05) is 0 Å². The second kappa shape index (κ2) is 5.46. The molecule has 2 rings (SSSR count). The van der Waals surface area contributed by atoms with E-state index in [1.165, 1.54) is 17.6 Å². The quantitative estimate of drug-likeness (QED) is 0.881. The summed E-state index contributed by atoms with van der Waals surface area (Å²) in [6.45, 7) is 2.31. The Morgan fingerprint density at radius 1 is 1.44 bits per heavy atom. The number of carbonyl (C=O) groups excluding carboxylic acids is 2. The molecule has 0 bridgehead atoms. The highest BCUT2D eigenvalue weighted by Gasteiger charge is 2.14. The molecule has 2 heterocycles. The highest BCUT2D eigenvalue weighted by molar-refractivity contribution is 7.12. The number of carbonyl (C=O) groups is 2. The van der Waals surface area contributed by atoms with Crippen LogP contribution in [0.4, 0.5) is 6.01 Å². The van der Waals surface area contributed by atoms with Gasteiger partial charge in [0.1, 0.15) is 6.26 Å². The summed E-state index contributed by atoms with van der Waals surface area (Å²) in [6.07, 6.45) is 1.20. The molecule has 2 N–H and O–H groups in total. The maximum Gasteiger partial charge on any atom is 0.302 e. The van der Waals surface area contributed by atoms with E-state index >= 15 is 0 Å². The lowest BCUT2D eigenvalue weighted by molar-refractivity contribution is 0.0949. The fraction of sp³-hybridized carbons (Fsp3) is 0.182. The Kier molecular flexibility index (Phi) is 3.73. The topological polar surface area (TPSA) is 84.2 Å². The van der Waals surface area contributed by atoms with Gasteiger partial charge < -0.3 is 9.73 Å². The van der Waals surface area contributed by atoms with Crippen molar-refractivity contribution in [3.05, 3.63) is 34.3 Å². The highest BCUT2D eigenvalue weighted by atomic mass is 32.1. The molecule has 6 nitrogen and oxygen atoms in total. The molecule has 0 aliphatic carbocycles. The smallest absolute Gasteiger partial charge is 0.302 e. The Balaban J connectivity index is 2.03. The first-order chi connectivity index (χ1) is 8.70. The predicted octanol–water partition coefficient (Wildman–Crippen LogP) is 1.74. The normalized spacial score (nSPS) is 10.1. The average Bonchev–Trinajstić information content (AvgIpc) is 2.99. The molecule has 0 fully saturated rings. The molecule has 0 saturated carbocycles. The Morgan fingerprint density at radius 3 is 2.94 bits per heavy atom. The zero-order chi connectivity index (χ0) is 13.0. The Hall–Kier alpha value is -2.15. The van der Waals surface area contributed by atoms with Crippen molar-refractivity contribution < 1.29 is 14.0 Å².